The molecule has 0 aliphatic heterocycles. The van der Waals surface area contributed by atoms with E-state index in [9.17, 15) is 9.59 Å². The highest BCUT2D eigenvalue weighted by Crippen LogP contribution is 2.30. The first kappa shape index (κ1) is 9.36. The predicted molar refractivity (Wildman–Crippen MR) is 48.7 cm³/mol. The third-order valence-corrected chi connectivity index (χ3v) is 2.01. The van der Waals surface area contributed by atoms with Gasteiger partial charge in [-0.15, -0.1) is 11.6 Å². The summed E-state index contributed by atoms with van der Waals surface area (Å²) < 4.78 is 0. The second-order valence-electron chi connectivity index (χ2n) is 2.74. The molecular weight excluding hydrogens is 166 g/mol. The van der Waals surface area contributed by atoms with Crippen molar-refractivity contribution >= 4 is 12.0 Å². The van der Waals surface area contributed by atoms with Crippen LogP contribution in [0.1, 0.15) is 6.42 Å². The molecule has 0 bridgehead atoms. The van der Waals surface area contributed by atoms with Gasteiger partial charge in [-0.1, -0.05) is 30.4 Å². The summed E-state index contributed by atoms with van der Waals surface area (Å²) in [6.07, 6.45) is 10.3. The number of hydrogen-bond acceptors (Lipinski definition) is 2. The summed E-state index contributed by atoms with van der Waals surface area (Å²) in [6, 6.07) is 0. The molecule has 0 radical (unpaired) electrons. The van der Waals surface area contributed by atoms with Crippen LogP contribution in [0.4, 0.5) is 0 Å². The van der Waals surface area contributed by atoms with E-state index in [1.54, 1.807) is 12.2 Å². The van der Waals surface area contributed by atoms with Gasteiger partial charge in [0.2, 0.25) is 6.08 Å². The molecule has 3 heteroatoms. The van der Waals surface area contributed by atoms with Gasteiger partial charge in [-0.2, -0.15) is 0 Å². The number of aliphatic imine (C=N–C) groups is 1. The Morgan fingerprint density at radius 3 is 2.85 bits per heavy atom. The Balaban J connectivity index is 3.00. The first-order chi connectivity index (χ1) is 6.25. The SMILES string of the molecule is C=CC1(C(=O)N=C=O)C=CC=CC1. The van der Waals surface area contributed by atoms with Crippen molar-refractivity contribution in [2.24, 2.45) is 10.4 Å². The molecular formula is C10H9NO2. The number of hydrogen-bond donors (Lipinski definition) is 0. The molecule has 0 aromatic carbocycles. The maximum Gasteiger partial charge on any atom is 0.270 e. The lowest BCUT2D eigenvalue weighted by atomic mass is 9.81. The Labute approximate surface area is 76.2 Å². The maximum atomic E-state index is 11.4. The average molecular weight is 175 g/mol. The third-order valence-electron chi connectivity index (χ3n) is 2.01. The molecule has 0 saturated heterocycles. The van der Waals surface area contributed by atoms with Gasteiger partial charge >= 0.3 is 0 Å². The van der Waals surface area contributed by atoms with E-state index in [-0.39, 0.29) is 0 Å². The molecule has 0 saturated carbocycles. The quantitative estimate of drug-likeness (QED) is 0.363. The highest BCUT2D eigenvalue weighted by atomic mass is 16.2. The molecule has 1 aliphatic rings. The third kappa shape index (κ3) is 1.71. The Bertz CT molecular complexity index is 335. The summed E-state index contributed by atoms with van der Waals surface area (Å²) in [5.41, 5.74) is -0.841. The van der Waals surface area contributed by atoms with Gasteiger partial charge < -0.3 is 0 Å². The van der Waals surface area contributed by atoms with Crippen LogP contribution in [0.25, 0.3) is 0 Å². The van der Waals surface area contributed by atoms with Crippen LogP contribution < -0.4 is 0 Å². The molecule has 1 aliphatic carbocycles. The zero-order valence-electron chi connectivity index (χ0n) is 7.06. The number of allylic oxidation sites excluding steroid dienone is 3. The Morgan fingerprint density at radius 1 is 1.62 bits per heavy atom. The Morgan fingerprint density at radius 2 is 2.38 bits per heavy atom. The van der Waals surface area contributed by atoms with Crippen molar-refractivity contribution in [3.63, 3.8) is 0 Å². The molecule has 0 aromatic rings. The number of nitrogens with zero attached hydrogens (tertiary/aromatic N) is 1. The van der Waals surface area contributed by atoms with E-state index < -0.39 is 11.3 Å². The first-order valence-corrected chi connectivity index (χ1v) is 3.85. The molecule has 1 atom stereocenters. The normalized spacial score (nSPS) is 24.9. The van der Waals surface area contributed by atoms with E-state index in [0.29, 0.717) is 6.42 Å². The number of isocyanates is 1. The number of amides is 1. The fourth-order valence-corrected chi connectivity index (χ4v) is 1.18. The topological polar surface area (TPSA) is 46.5 Å². The van der Waals surface area contributed by atoms with E-state index in [1.807, 2.05) is 12.2 Å². The van der Waals surface area contributed by atoms with Gasteiger partial charge in [0.05, 0.1) is 5.41 Å². The number of carbonyl (C=O) groups excluding carboxylic acids is 2. The summed E-state index contributed by atoms with van der Waals surface area (Å²) in [5.74, 6) is -0.516. The van der Waals surface area contributed by atoms with Gasteiger partial charge in [-0.25, -0.2) is 4.79 Å². The summed E-state index contributed by atoms with van der Waals surface area (Å²) in [5, 5.41) is 0. The monoisotopic (exact) mass is 175 g/mol. The van der Waals surface area contributed by atoms with Crippen molar-refractivity contribution in [2.75, 3.05) is 0 Å². The van der Waals surface area contributed by atoms with E-state index in [0.717, 1.165) is 0 Å². The van der Waals surface area contributed by atoms with Crippen molar-refractivity contribution in [3.8, 4) is 0 Å². The minimum atomic E-state index is -0.841. The van der Waals surface area contributed by atoms with Gasteiger partial charge in [0.15, 0.2) is 0 Å². The minimum absolute atomic E-state index is 0.497. The van der Waals surface area contributed by atoms with Gasteiger partial charge in [0.25, 0.3) is 5.91 Å². The molecule has 66 valence electrons. The molecule has 0 spiro atoms. The van der Waals surface area contributed by atoms with Crippen molar-refractivity contribution < 1.29 is 9.59 Å². The fraction of sp³-hybridized carbons (Fsp3) is 0.200. The van der Waals surface area contributed by atoms with Crippen LogP contribution in [0.3, 0.4) is 0 Å². The smallest absolute Gasteiger partial charge is 0.270 e. The van der Waals surface area contributed by atoms with Crippen LogP contribution in [0.2, 0.25) is 0 Å². The van der Waals surface area contributed by atoms with E-state index in [2.05, 4.69) is 11.6 Å². The molecule has 1 unspecified atom stereocenters. The highest BCUT2D eigenvalue weighted by molar-refractivity contribution is 5.90. The van der Waals surface area contributed by atoms with E-state index >= 15 is 0 Å². The van der Waals surface area contributed by atoms with Crippen molar-refractivity contribution in [3.05, 3.63) is 37.0 Å². The van der Waals surface area contributed by atoms with Gasteiger partial charge in [0, 0.05) is 0 Å². The van der Waals surface area contributed by atoms with Crippen LogP contribution in [-0.4, -0.2) is 12.0 Å². The fourth-order valence-electron chi connectivity index (χ4n) is 1.18. The summed E-state index contributed by atoms with van der Waals surface area (Å²) in [6.45, 7) is 3.56. The lowest BCUT2D eigenvalue weighted by Gasteiger charge is -2.22. The van der Waals surface area contributed by atoms with Crippen LogP contribution in [-0.2, 0) is 9.59 Å². The largest absolute Gasteiger partial charge is 0.270 e. The van der Waals surface area contributed by atoms with E-state index in [4.69, 9.17) is 0 Å². The van der Waals surface area contributed by atoms with Crippen molar-refractivity contribution in [1.29, 1.82) is 0 Å². The predicted octanol–water partition coefficient (Wildman–Crippen LogP) is 1.54. The molecule has 0 fully saturated rings. The summed E-state index contributed by atoms with van der Waals surface area (Å²) in [4.78, 5) is 24.4. The van der Waals surface area contributed by atoms with Gasteiger partial charge in [-0.3, -0.25) is 4.79 Å². The van der Waals surface area contributed by atoms with E-state index in [1.165, 1.54) is 12.2 Å². The zero-order chi connectivity index (χ0) is 9.73. The van der Waals surface area contributed by atoms with Crippen LogP contribution in [0.5, 0.6) is 0 Å². The van der Waals surface area contributed by atoms with Gasteiger partial charge in [0.1, 0.15) is 0 Å². The van der Waals surface area contributed by atoms with Crippen LogP contribution >= 0.6 is 0 Å². The molecule has 0 aromatic heterocycles. The molecule has 0 heterocycles. The lowest BCUT2D eigenvalue weighted by Crippen LogP contribution is -2.25. The standard InChI is InChI=1S/C10H9NO2/c1-2-10(9(13)11-8-12)6-4-3-5-7-10/h2-6H,1,7H2. The first-order valence-electron chi connectivity index (χ1n) is 3.85. The minimum Gasteiger partial charge on any atom is -0.270 e. The summed E-state index contributed by atoms with van der Waals surface area (Å²) in [7, 11) is 0. The van der Waals surface area contributed by atoms with Crippen molar-refractivity contribution in [1.82, 2.24) is 0 Å². The Hall–Kier alpha value is -1.73. The van der Waals surface area contributed by atoms with Crippen LogP contribution in [0.15, 0.2) is 42.0 Å². The highest BCUT2D eigenvalue weighted by Gasteiger charge is 2.32. The second-order valence-corrected chi connectivity index (χ2v) is 2.74. The number of carbonyl (C=O) groups is 1. The summed E-state index contributed by atoms with van der Waals surface area (Å²) >= 11 is 0. The Kier molecular flexibility index (Phi) is 2.72. The molecule has 1 amide bonds. The van der Waals surface area contributed by atoms with Gasteiger partial charge in [-0.05, 0) is 6.42 Å². The number of rotatable bonds is 2. The molecule has 1 rings (SSSR count). The average Bonchev–Trinajstić information content (AvgIpc) is 2.19. The second kappa shape index (κ2) is 3.78. The van der Waals surface area contributed by atoms with Crippen molar-refractivity contribution in [2.45, 2.75) is 6.42 Å². The molecule has 0 N–H and O–H groups in total. The lowest BCUT2D eigenvalue weighted by molar-refractivity contribution is -0.122. The zero-order valence-corrected chi connectivity index (χ0v) is 7.06. The maximum absolute atomic E-state index is 11.4. The van der Waals surface area contributed by atoms with Crippen LogP contribution in [0, 0.1) is 5.41 Å². The molecule has 3 nitrogen and oxygen atoms in total. The molecule has 13 heavy (non-hydrogen) atoms.